The lowest BCUT2D eigenvalue weighted by molar-refractivity contribution is -0.160. The van der Waals surface area contributed by atoms with E-state index in [2.05, 4.69) is 38.8 Å². The number of rotatable bonds is 7. The van der Waals surface area contributed by atoms with E-state index < -0.39 is 93.0 Å². The molecule has 0 saturated carbocycles. The lowest BCUT2D eigenvalue weighted by Crippen LogP contribution is -2.46. The monoisotopic (exact) mass is 1100 g/mol. The molecule has 1 aromatic heterocycles. The zero-order valence-corrected chi connectivity index (χ0v) is 46.7. The van der Waals surface area contributed by atoms with Gasteiger partial charge < -0.3 is 55.3 Å². The number of Topliss-reactive ketones (excluding diaryl/α,β-unsaturated/α-hetero) is 1. The number of methoxy groups -OCH3 is 1. The number of allylic oxidation sites excluding steroid dienone is 2. The van der Waals surface area contributed by atoms with Crippen LogP contribution < -0.4 is 31.2 Å². The van der Waals surface area contributed by atoms with Crippen molar-refractivity contribution in [2.45, 2.75) is 123 Å². The Balaban J connectivity index is 0.000000439. The van der Waals surface area contributed by atoms with Crippen LogP contribution in [0.2, 0.25) is 0 Å². The highest BCUT2D eigenvalue weighted by Gasteiger charge is 2.50. The number of phenols is 2. The van der Waals surface area contributed by atoms with E-state index in [4.69, 9.17) is 34.7 Å². The molecule has 8 rings (SSSR count). The fourth-order valence-corrected chi connectivity index (χ4v) is 11.3. The molecule has 4 aliphatic heterocycles. The maximum Gasteiger partial charge on any atom is 0.312 e. The number of amides is 1. The summed E-state index contributed by atoms with van der Waals surface area (Å²) in [7, 11) is -2.19. The van der Waals surface area contributed by atoms with Crippen LogP contribution in [0.3, 0.4) is 0 Å². The second-order valence-corrected chi connectivity index (χ2v) is 22.9. The minimum atomic E-state index is -3.66. The third-order valence-corrected chi connectivity index (χ3v) is 16.2. The molecule has 0 aliphatic carbocycles. The van der Waals surface area contributed by atoms with Crippen LogP contribution in [0, 0.1) is 36.5 Å². The van der Waals surface area contributed by atoms with Gasteiger partial charge in [-0.2, -0.15) is 0 Å². The number of phenolic OH excluding ortho intramolecular Hbond substituents is 2. The Kier molecular flexibility index (Phi) is 17.7. The normalized spacial score (nSPS) is 27.9. The first-order chi connectivity index (χ1) is 36.7. The van der Waals surface area contributed by atoms with Gasteiger partial charge in [-0.25, -0.2) is 23.1 Å². The van der Waals surface area contributed by atoms with Crippen molar-refractivity contribution in [2.24, 2.45) is 39.6 Å². The molecule has 5 heterocycles. The number of hydrogen-bond donors (Lipinski definition) is 7. The van der Waals surface area contributed by atoms with Gasteiger partial charge >= 0.3 is 11.8 Å². The zero-order valence-electron chi connectivity index (χ0n) is 45.8. The highest BCUT2D eigenvalue weighted by molar-refractivity contribution is 7.92. The predicted molar refractivity (Wildman–Crippen MR) is 291 cm³/mol. The van der Waals surface area contributed by atoms with Crippen molar-refractivity contribution in [3.8, 4) is 17.2 Å². The summed E-state index contributed by atoms with van der Waals surface area (Å²) in [6.07, 6.45) is 7.94. The van der Waals surface area contributed by atoms with Crippen LogP contribution in [0.25, 0.3) is 10.8 Å². The quantitative estimate of drug-likeness (QED) is 0.0672. The number of sulfonamides is 1. The summed E-state index contributed by atoms with van der Waals surface area (Å²) >= 11 is 0. The summed E-state index contributed by atoms with van der Waals surface area (Å²) in [5.74, 6) is -6.41. The van der Waals surface area contributed by atoms with Gasteiger partial charge in [0.15, 0.2) is 11.4 Å². The van der Waals surface area contributed by atoms with Crippen molar-refractivity contribution in [2.75, 3.05) is 42.5 Å². The molecule has 21 nitrogen and oxygen atoms in total. The number of fused-ring (bicyclic) bond motifs is 1. The Labute approximate surface area is 454 Å². The maximum absolute atomic E-state index is 14.7. The predicted octanol–water partition coefficient (Wildman–Crippen LogP) is 5.61. The summed E-state index contributed by atoms with van der Waals surface area (Å²) < 4.78 is 50.0. The van der Waals surface area contributed by atoms with Gasteiger partial charge in [0.25, 0.3) is 21.7 Å². The third-order valence-electron chi connectivity index (χ3n) is 14.9. The Hall–Kier alpha value is -6.98. The number of piperidine rings is 1. The summed E-state index contributed by atoms with van der Waals surface area (Å²) in [5.41, 5.74) is 5.41. The highest BCUT2D eigenvalue weighted by atomic mass is 32.2. The number of esters is 1. The maximum atomic E-state index is 14.7. The number of likely N-dealkylation sites (tertiary alicyclic amines) is 1. The van der Waals surface area contributed by atoms with E-state index in [0.29, 0.717) is 37.5 Å². The summed E-state index contributed by atoms with van der Waals surface area (Å²) in [6, 6.07) is 7.46. The van der Waals surface area contributed by atoms with Gasteiger partial charge in [0.1, 0.15) is 28.6 Å². The lowest BCUT2D eigenvalue weighted by Gasteiger charge is -2.38. The number of benzene rings is 3. The number of ether oxygens (including phenoxy) is 4. The van der Waals surface area contributed by atoms with E-state index in [1.54, 1.807) is 71.9 Å². The van der Waals surface area contributed by atoms with Crippen molar-refractivity contribution in [1.82, 2.24) is 14.9 Å². The van der Waals surface area contributed by atoms with E-state index in [0.717, 1.165) is 6.54 Å². The molecule has 4 aromatic rings. The van der Waals surface area contributed by atoms with Crippen LogP contribution in [0.15, 0.2) is 93.7 Å². The summed E-state index contributed by atoms with van der Waals surface area (Å²) in [6.45, 7) is 19.5. The minimum absolute atomic E-state index is 0.0318. The number of aliphatic hydroxyl groups is 2. The van der Waals surface area contributed by atoms with E-state index in [9.17, 15) is 43.2 Å². The molecule has 420 valence electrons. The van der Waals surface area contributed by atoms with Gasteiger partial charge in [-0.05, 0) is 56.2 Å². The summed E-state index contributed by atoms with van der Waals surface area (Å²) in [4.78, 5) is 61.3. The SMILES string of the molecule is CO[C@H]1/C=C/O[C@@]2(C)Oc3c(C)c(O)c4c(O)c(c5c(c4c3C2=O)=NC2(CCN(CC(C)C)CC2)N=5)NC(=O)/C(C)=C\C=C\[C@H](C)[C@H](O)[C@@H](C)[C@@H](O)[C@@H](C)[C@H](OC(C)=O)[C@@H]1C.Nc1ccc(S(=O)(=O)Nc2ncccn2)cc1. The molecule has 1 saturated heterocycles. The molecule has 78 heavy (non-hydrogen) atoms. The topological polar surface area (TPSA) is 307 Å². The highest BCUT2D eigenvalue weighted by Crippen LogP contribution is 2.50. The second kappa shape index (κ2) is 23.5. The number of aliphatic hydroxyl groups excluding tert-OH is 2. The smallest absolute Gasteiger partial charge is 0.312 e. The molecule has 1 amide bonds. The van der Waals surface area contributed by atoms with Crippen molar-refractivity contribution >= 4 is 55.8 Å². The molecule has 3 aromatic carbocycles. The first-order valence-electron chi connectivity index (χ1n) is 26.0. The van der Waals surface area contributed by atoms with E-state index in [-0.39, 0.29) is 66.2 Å². The Morgan fingerprint density at radius 3 is 2.19 bits per heavy atom. The molecule has 22 heteroatoms. The first kappa shape index (κ1) is 58.7. The van der Waals surface area contributed by atoms with Gasteiger partial charge in [-0.1, -0.05) is 59.8 Å². The number of aromatic hydroxyl groups is 2. The number of ketones is 1. The van der Waals surface area contributed by atoms with Crippen LogP contribution in [0.4, 0.5) is 17.3 Å². The Morgan fingerprint density at radius 1 is 0.936 bits per heavy atom. The molecule has 0 radical (unpaired) electrons. The standard InChI is InChI=1S/C46H62N4O11.C10H10N4O2S/c1-22(2)21-50-18-16-46(17-19-50)48-34-31-32-39(54)28(8)42-33(31)43(56)45(10,61-42)59-20-15-30(58-11)25(5)41(60-29(9)51)27(7)38(53)26(6)37(52)23(3)13-12-14-24(4)44(57)47-36(40(32)55)35(34)49-46;11-8-2-4-9(5-3-8)17(15,16)14-10-12-6-1-7-13-10/h12-15,20,22-23,25-27,30,37-38,41,52-55H,16-19,21H2,1-11H3,(H,47,57);1-7H,11H2,(H,12,13,14)/b13-12+,20-15+,24-14-;/t23-,25+,26+,27+,30-,37-,38+,41+,45-;/m0./s1. The van der Waals surface area contributed by atoms with E-state index in [1.807, 2.05) is 0 Å². The van der Waals surface area contributed by atoms with Gasteiger partial charge in [0.05, 0.1) is 45.8 Å². The number of nitrogens with zero attached hydrogens (tertiary/aromatic N) is 5. The number of nitrogens with one attached hydrogen (secondary N) is 2. The number of carbonyl (C=O) groups excluding carboxylic acids is 3. The Bertz CT molecular complexity index is 3250. The van der Waals surface area contributed by atoms with Crippen molar-refractivity contribution in [3.05, 3.63) is 101 Å². The minimum Gasteiger partial charge on any atom is -0.507 e. The molecular formula is C56H72N8O13S. The largest absolute Gasteiger partial charge is 0.507 e. The van der Waals surface area contributed by atoms with E-state index >= 15 is 0 Å². The molecule has 0 unspecified atom stereocenters. The molecule has 1 spiro atoms. The fourth-order valence-electron chi connectivity index (χ4n) is 10.4. The number of aromatic nitrogens is 2. The molecule has 1 fully saturated rings. The van der Waals surface area contributed by atoms with Crippen LogP contribution in [0.5, 0.6) is 17.2 Å². The van der Waals surface area contributed by atoms with Crippen LogP contribution >= 0.6 is 0 Å². The molecule has 4 aliphatic rings. The van der Waals surface area contributed by atoms with Crippen molar-refractivity contribution in [1.29, 1.82) is 0 Å². The molecule has 4 bridgehead atoms. The molecular weight excluding hydrogens is 1020 g/mol. The third kappa shape index (κ3) is 12.2. The second-order valence-electron chi connectivity index (χ2n) is 21.2. The lowest BCUT2D eigenvalue weighted by atomic mass is 9.78. The van der Waals surface area contributed by atoms with Gasteiger partial charge in [-0.3, -0.25) is 24.4 Å². The fraction of sp³-hybridized carbons (Fsp3) is 0.482. The van der Waals surface area contributed by atoms with Crippen LogP contribution in [-0.4, -0.2) is 124 Å². The number of hydrogen-bond acceptors (Lipinski definition) is 19. The van der Waals surface area contributed by atoms with Crippen molar-refractivity contribution < 1.29 is 62.2 Å². The van der Waals surface area contributed by atoms with Gasteiger partial charge in [0, 0.05) is 112 Å². The van der Waals surface area contributed by atoms with Crippen LogP contribution in [0.1, 0.15) is 91.1 Å². The Morgan fingerprint density at radius 2 is 1.58 bits per heavy atom. The summed E-state index contributed by atoms with van der Waals surface area (Å²) in [5, 5.41) is 50.2. The number of nitrogens with two attached hydrogens (primary N) is 1. The average molecular weight is 1100 g/mol. The van der Waals surface area contributed by atoms with Crippen molar-refractivity contribution in [3.63, 3.8) is 0 Å². The van der Waals surface area contributed by atoms with Crippen LogP contribution in [-0.2, 0) is 33.8 Å². The number of carbonyl (C=O) groups is 3. The number of nitrogen functional groups attached to an aromatic ring is 1. The average Bonchev–Trinajstić information content (AvgIpc) is 4.09. The zero-order chi connectivity index (χ0) is 57.2. The van der Waals surface area contributed by atoms with E-state index in [1.165, 1.54) is 63.9 Å². The molecule has 8 N–H and O–H groups in total. The molecule has 9 atom stereocenters. The first-order valence-corrected chi connectivity index (χ1v) is 27.4. The van der Waals surface area contributed by atoms with Gasteiger partial charge in [-0.15, -0.1) is 0 Å². The van der Waals surface area contributed by atoms with Gasteiger partial charge in [0.2, 0.25) is 5.95 Å². The number of anilines is 3.